The lowest BCUT2D eigenvalue weighted by atomic mass is 10.0. The third-order valence-electron chi connectivity index (χ3n) is 3.24. The Hall–Kier alpha value is -1.27. The van der Waals surface area contributed by atoms with Gasteiger partial charge >= 0.3 is 5.97 Å². The second-order valence-electron chi connectivity index (χ2n) is 5.10. The molecule has 5 nitrogen and oxygen atoms in total. The molecule has 0 spiro atoms. The first kappa shape index (κ1) is 17.8. The maximum atomic E-state index is 12.3. The molecule has 0 saturated heterocycles. The minimum Gasteiger partial charge on any atom is -0.480 e. The molecule has 0 aliphatic carbocycles. The Kier molecular flexibility index (Phi) is 5.64. The molecular weight excluding hydrogens is 362 g/mol. The zero-order valence-corrected chi connectivity index (χ0v) is 14.5. The number of carboxylic acid groups (broad SMARTS) is 1. The van der Waals surface area contributed by atoms with Crippen molar-refractivity contribution in [2.75, 3.05) is 7.05 Å². The van der Waals surface area contributed by atoms with E-state index in [2.05, 4.69) is 15.9 Å². The molecule has 1 aromatic rings. The minimum atomic E-state index is -1.31. The normalized spacial score (nSPS) is 12.7. The van der Waals surface area contributed by atoms with E-state index in [9.17, 15) is 9.59 Å². The average Bonchev–Trinajstić information content (AvgIpc) is 2.39. The molecule has 0 fully saturated rings. The highest BCUT2D eigenvalue weighted by molar-refractivity contribution is 9.10. The second-order valence-corrected chi connectivity index (χ2v) is 6.39. The van der Waals surface area contributed by atoms with Crippen LogP contribution in [-0.2, 0) is 9.59 Å². The number of nitrogens with zero attached hydrogens (tertiary/aromatic N) is 1. The summed E-state index contributed by atoms with van der Waals surface area (Å²) in [6.07, 6.45) is -0.828. The Balaban J connectivity index is 2.86. The summed E-state index contributed by atoms with van der Waals surface area (Å²) in [5.41, 5.74) is -1.31. The van der Waals surface area contributed by atoms with E-state index in [1.54, 1.807) is 25.1 Å². The van der Waals surface area contributed by atoms with Crippen molar-refractivity contribution in [1.82, 2.24) is 4.90 Å². The molecule has 0 heterocycles. The maximum absolute atomic E-state index is 12.3. The zero-order chi connectivity index (χ0) is 16.4. The van der Waals surface area contributed by atoms with Gasteiger partial charge in [0.2, 0.25) is 0 Å². The summed E-state index contributed by atoms with van der Waals surface area (Å²) < 4.78 is 6.19. The Morgan fingerprint density at radius 2 is 2.00 bits per heavy atom. The highest BCUT2D eigenvalue weighted by Gasteiger charge is 2.37. The van der Waals surface area contributed by atoms with Crippen LogP contribution in [0.1, 0.15) is 20.8 Å². The fraction of sp³-hybridized carbons (Fsp3) is 0.429. The largest absolute Gasteiger partial charge is 0.480 e. The van der Waals surface area contributed by atoms with E-state index < -0.39 is 23.5 Å². The van der Waals surface area contributed by atoms with Crippen LogP contribution in [0.4, 0.5) is 0 Å². The summed E-state index contributed by atoms with van der Waals surface area (Å²) in [5, 5.41) is 9.69. The number of carboxylic acids is 1. The molecule has 0 aliphatic heterocycles. The van der Waals surface area contributed by atoms with Gasteiger partial charge in [0, 0.05) is 12.1 Å². The fourth-order valence-corrected chi connectivity index (χ4v) is 2.28. The lowest BCUT2D eigenvalue weighted by molar-refractivity contribution is -0.157. The van der Waals surface area contributed by atoms with Gasteiger partial charge in [0.25, 0.3) is 5.91 Å². The van der Waals surface area contributed by atoms with Crippen molar-refractivity contribution in [2.45, 2.75) is 32.4 Å². The van der Waals surface area contributed by atoms with Gasteiger partial charge in [-0.1, -0.05) is 11.6 Å². The van der Waals surface area contributed by atoms with Crippen LogP contribution in [0, 0.1) is 0 Å². The van der Waals surface area contributed by atoms with Gasteiger partial charge in [0.1, 0.15) is 11.3 Å². The molecule has 1 aromatic carbocycles. The molecule has 7 heteroatoms. The molecule has 0 radical (unpaired) electrons. The third kappa shape index (κ3) is 4.11. The number of likely N-dealkylation sites (N-methyl/N-ethyl adjacent to an activating group) is 1. The summed E-state index contributed by atoms with van der Waals surface area (Å²) in [4.78, 5) is 24.6. The van der Waals surface area contributed by atoms with Crippen molar-refractivity contribution in [1.29, 1.82) is 0 Å². The molecule has 0 saturated carbocycles. The molecule has 0 aromatic heterocycles. The van der Waals surface area contributed by atoms with Crippen molar-refractivity contribution >= 4 is 39.4 Å². The first-order chi connectivity index (χ1) is 9.57. The fourth-order valence-electron chi connectivity index (χ4n) is 1.50. The van der Waals surface area contributed by atoms with Crippen LogP contribution in [0.15, 0.2) is 22.7 Å². The molecule has 1 N–H and O–H groups in total. The first-order valence-electron chi connectivity index (χ1n) is 6.20. The molecule has 116 valence electrons. The van der Waals surface area contributed by atoms with Gasteiger partial charge in [0.05, 0.1) is 4.47 Å². The topological polar surface area (TPSA) is 66.8 Å². The summed E-state index contributed by atoms with van der Waals surface area (Å²) in [6.45, 7) is 4.48. The Bertz CT molecular complexity index is 562. The molecule has 0 aliphatic rings. The molecule has 1 unspecified atom stereocenters. The zero-order valence-electron chi connectivity index (χ0n) is 12.2. The molecule has 0 bridgehead atoms. The van der Waals surface area contributed by atoms with E-state index in [1.807, 2.05) is 0 Å². The highest BCUT2D eigenvalue weighted by atomic mass is 79.9. The summed E-state index contributed by atoms with van der Waals surface area (Å²) in [7, 11) is 1.44. The van der Waals surface area contributed by atoms with Gasteiger partial charge in [-0.25, -0.2) is 4.79 Å². The number of rotatable bonds is 5. The Morgan fingerprint density at radius 3 is 2.48 bits per heavy atom. The Morgan fingerprint density at radius 1 is 1.43 bits per heavy atom. The second kappa shape index (κ2) is 6.66. The standard InChI is InChI=1S/C14H17BrClNO4/c1-8(12(18)17(4)14(2,3)13(19)20)21-11-6-5-9(16)7-10(11)15/h5-8H,1-4H3,(H,19,20). The van der Waals surface area contributed by atoms with Gasteiger partial charge in [0.15, 0.2) is 6.10 Å². The Labute approximate surface area is 137 Å². The van der Waals surface area contributed by atoms with Gasteiger partial charge in [-0.15, -0.1) is 0 Å². The van der Waals surface area contributed by atoms with Crippen LogP contribution < -0.4 is 4.74 Å². The van der Waals surface area contributed by atoms with Crippen LogP contribution in [0.3, 0.4) is 0 Å². The lowest BCUT2D eigenvalue weighted by Gasteiger charge is -2.33. The van der Waals surface area contributed by atoms with E-state index in [0.29, 0.717) is 15.2 Å². The monoisotopic (exact) mass is 377 g/mol. The highest BCUT2D eigenvalue weighted by Crippen LogP contribution is 2.29. The minimum absolute atomic E-state index is 0.427. The lowest BCUT2D eigenvalue weighted by Crippen LogP contribution is -2.54. The molecule has 1 rings (SSSR count). The van der Waals surface area contributed by atoms with Crippen molar-refractivity contribution in [3.8, 4) is 5.75 Å². The summed E-state index contributed by atoms with van der Waals surface area (Å²) in [5.74, 6) is -1.05. The third-order valence-corrected chi connectivity index (χ3v) is 4.09. The van der Waals surface area contributed by atoms with Crippen LogP contribution in [0.25, 0.3) is 0 Å². The van der Waals surface area contributed by atoms with Gasteiger partial charge in [-0.2, -0.15) is 0 Å². The number of aliphatic carboxylic acids is 1. The van der Waals surface area contributed by atoms with Crippen molar-refractivity contribution in [3.05, 3.63) is 27.7 Å². The van der Waals surface area contributed by atoms with Crippen molar-refractivity contribution in [2.24, 2.45) is 0 Å². The number of hydrogen-bond acceptors (Lipinski definition) is 3. The van der Waals surface area contributed by atoms with E-state index >= 15 is 0 Å². The van der Waals surface area contributed by atoms with Gasteiger partial charge < -0.3 is 14.7 Å². The summed E-state index contributed by atoms with van der Waals surface area (Å²) in [6, 6.07) is 4.93. The van der Waals surface area contributed by atoms with E-state index in [0.717, 1.165) is 4.90 Å². The number of halogens is 2. The molecular formula is C14H17BrClNO4. The number of carbonyl (C=O) groups excluding carboxylic acids is 1. The smallest absolute Gasteiger partial charge is 0.329 e. The SMILES string of the molecule is CC(Oc1ccc(Cl)cc1Br)C(=O)N(C)C(C)(C)C(=O)O. The van der Waals surface area contributed by atoms with Crippen molar-refractivity contribution in [3.63, 3.8) is 0 Å². The van der Waals surface area contributed by atoms with Crippen LogP contribution in [0.2, 0.25) is 5.02 Å². The van der Waals surface area contributed by atoms with E-state index in [-0.39, 0.29) is 0 Å². The van der Waals surface area contributed by atoms with Crippen LogP contribution in [0.5, 0.6) is 5.75 Å². The maximum Gasteiger partial charge on any atom is 0.329 e. The first-order valence-corrected chi connectivity index (χ1v) is 7.37. The molecule has 1 atom stereocenters. The number of benzene rings is 1. The van der Waals surface area contributed by atoms with E-state index in [4.69, 9.17) is 21.4 Å². The van der Waals surface area contributed by atoms with Crippen LogP contribution >= 0.6 is 27.5 Å². The number of carbonyl (C=O) groups is 2. The number of amides is 1. The number of hydrogen-bond donors (Lipinski definition) is 1. The number of ether oxygens (including phenoxy) is 1. The van der Waals surface area contributed by atoms with E-state index in [1.165, 1.54) is 20.9 Å². The van der Waals surface area contributed by atoms with Crippen LogP contribution in [-0.4, -0.2) is 40.6 Å². The molecule has 21 heavy (non-hydrogen) atoms. The van der Waals surface area contributed by atoms with Crippen molar-refractivity contribution < 1.29 is 19.4 Å². The molecule has 1 amide bonds. The summed E-state index contributed by atoms with van der Waals surface area (Å²) >= 11 is 9.13. The predicted octanol–water partition coefficient (Wildman–Crippen LogP) is 3.19. The average molecular weight is 379 g/mol. The van der Waals surface area contributed by atoms with Gasteiger partial charge in [-0.3, -0.25) is 4.79 Å². The quantitative estimate of drug-likeness (QED) is 0.854. The predicted molar refractivity (Wildman–Crippen MR) is 83.7 cm³/mol. The van der Waals surface area contributed by atoms with Gasteiger partial charge in [-0.05, 0) is 54.9 Å².